The van der Waals surface area contributed by atoms with Gasteiger partial charge in [0.1, 0.15) is 5.75 Å². The Morgan fingerprint density at radius 1 is 0.972 bits per heavy atom. The number of benzene rings is 3. The highest BCUT2D eigenvalue weighted by molar-refractivity contribution is 5.98. The van der Waals surface area contributed by atoms with E-state index in [2.05, 4.69) is 59.3 Å². The SMILES string of the molecule is COc1ccc(-c2cccc(C(=O)N3C4CCC3CC(Cc3cccc5ccncc35)C4)c2C)cc1. The molecular formula is C32H32N2O2. The molecule has 0 saturated carbocycles. The van der Waals surface area contributed by atoms with Crippen molar-refractivity contribution < 1.29 is 9.53 Å². The largest absolute Gasteiger partial charge is 0.497 e. The fourth-order valence-electron chi connectivity index (χ4n) is 6.54. The topological polar surface area (TPSA) is 42.4 Å². The number of hydrogen-bond donors (Lipinski definition) is 0. The molecule has 2 unspecified atom stereocenters. The van der Waals surface area contributed by atoms with Crippen molar-refractivity contribution in [3.05, 3.63) is 95.8 Å². The number of carbonyl (C=O) groups is 1. The van der Waals surface area contributed by atoms with Crippen molar-refractivity contribution in [2.24, 2.45) is 5.92 Å². The Morgan fingerprint density at radius 2 is 1.72 bits per heavy atom. The number of hydrogen-bond acceptors (Lipinski definition) is 3. The minimum atomic E-state index is 0.197. The van der Waals surface area contributed by atoms with Gasteiger partial charge in [-0.05, 0) is 96.9 Å². The van der Waals surface area contributed by atoms with Crippen LogP contribution in [0.25, 0.3) is 21.9 Å². The number of pyridine rings is 1. The van der Waals surface area contributed by atoms with Crippen LogP contribution >= 0.6 is 0 Å². The highest BCUT2D eigenvalue weighted by Gasteiger charge is 2.43. The predicted molar refractivity (Wildman–Crippen MR) is 144 cm³/mol. The Labute approximate surface area is 212 Å². The van der Waals surface area contributed by atoms with Gasteiger partial charge in [-0.15, -0.1) is 0 Å². The lowest BCUT2D eigenvalue weighted by Crippen LogP contribution is -2.47. The van der Waals surface area contributed by atoms with E-state index in [0.717, 1.165) is 60.1 Å². The van der Waals surface area contributed by atoms with Gasteiger partial charge < -0.3 is 9.64 Å². The van der Waals surface area contributed by atoms with Crippen LogP contribution in [0.3, 0.4) is 0 Å². The molecule has 0 aliphatic carbocycles. The normalized spacial score (nSPS) is 21.1. The van der Waals surface area contributed by atoms with Crippen LogP contribution in [0, 0.1) is 12.8 Å². The Bertz CT molecular complexity index is 1390. The molecular weight excluding hydrogens is 444 g/mol. The lowest BCUT2D eigenvalue weighted by molar-refractivity contribution is 0.0524. The van der Waals surface area contributed by atoms with Gasteiger partial charge in [-0.1, -0.05) is 42.5 Å². The summed E-state index contributed by atoms with van der Waals surface area (Å²) in [4.78, 5) is 20.5. The first kappa shape index (κ1) is 22.8. The minimum absolute atomic E-state index is 0.197. The second-order valence-corrected chi connectivity index (χ2v) is 10.4. The molecule has 4 aromatic rings. The third-order valence-corrected chi connectivity index (χ3v) is 8.31. The van der Waals surface area contributed by atoms with Gasteiger partial charge in [0.2, 0.25) is 0 Å². The second kappa shape index (κ2) is 9.42. The lowest BCUT2D eigenvalue weighted by atomic mass is 9.84. The van der Waals surface area contributed by atoms with E-state index < -0.39 is 0 Å². The van der Waals surface area contributed by atoms with Crippen LogP contribution < -0.4 is 4.74 Å². The molecule has 2 bridgehead atoms. The number of rotatable bonds is 5. The molecule has 1 amide bonds. The number of ether oxygens (including phenoxy) is 1. The van der Waals surface area contributed by atoms with Crippen molar-refractivity contribution in [3.63, 3.8) is 0 Å². The lowest BCUT2D eigenvalue weighted by Gasteiger charge is -2.39. The Hall–Kier alpha value is -3.66. The number of carbonyl (C=O) groups excluding carboxylic acids is 1. The van der Waals surface area contributed by atoms with E-state index in [-0.39, 0.29) is 5.91 Å². The molecule has 0 spiro atoms. The molecule has 6 rings (SSSR count). The molecule has 2 aliphatic rings. The van der Waals surface area contributed by atoms with Crippen molar-refractivity contribution in [2.75, 3.05) is 7.11 Å². The molecule has 36 heavy (non-hydrogen) atoms. The van der Waals surface area contributed by atoms with Crippen molar-refractivity contribution >= 4 is 16.7 Å². The first-order valence-corrected chi connectivity index (χ1v) is 13.0. The van der Waals surface area contributed by atoms with Gasteiger partial charge in [-0.25, -0.2) is 0 Å². The fraction of sp³-hybridized carbons (Fsp3) is 0.312. The summed E-state index contributed by atoms with van der Waals surface area (Å²) in [6, 6.07) is 23.5. The Kier molecular flexibility index (Phi) is 5.96. The van der Waals surface area contributed by atoms with E-state index in [1.54, 1.807) is 7.11 Å². The molecule has 1 aromatic heterocycles. The van der Waals surface area contributed by atoms with Crippen LogP contribution in [0.4, 0.5) is 0 Å². The zero-order valence-electron chi connectivity index (χ0n) is 21.0. The van der Waals surface area contributed by atoms with E-state index >= 15 is 0 Å². The first-order chi connectivity index (χ1) is 17.6. The van der Waals surface area contributed by atoms with Gasteiger partial charge in [0.15, 0.2) is 0 Å². The Balaban J connectivity index is 1.22. The van der Waals surface area contributed by atoms with Gasteiger partial charge in [0.05, 0.1) is 7.11 Å². The Morgan fingerprint density at radius 3 is 2.47 bits per heavy atom. The second-order valence-electron chi connectivity index (χ2n) is 10.4. The maximum atomic E-state index is 13.9. The van der Waals surface area contributed by atoms with Gasteiger partial charge >= 0.3 is 0 Å². The van der Waals surface area contributed by atoms with Crippen molar-refractivity contribution in [1.29, 1.82) is 0 Å². The number of methoxy groups -OCH3 is 1. The molecule has 182 valence electrons. The third kappa shape index (κ3) is 4.05. The summed E-state index contributed by atoms with van der Waals surface area (Å²) in [5, 5.41) is 2.52. The van der Waals surface area contributed by atoms with Crippen LogP contribution in [0.15, 0.2) is 79.1 Å². The quantitative estimate of drug-likeness (QED) is 0.316. The smallest absolute Gasteiger partial charge is 0.254 e. The number of nitrogens with zero attached hydrogens (tertiary/aromatic N) is 2. The highest BCUT2D eigenvalue weighted by atomic mass is 16.5. The standard InChI is InChI=1S/C32H32N2O2/c1-21-29(24-9-13-28(36-2)14-10-24)7-4-8-30(21)32(35)34-26-11-12-27(34)19-22(18-26)17-25-6-3-5-23-15-16-33-20-31(23)25/h3-10,13-16,20,22,26-27H,11-12,17-19H2,1-2H3. The molecule has 2 saturated heterocycles. The average Bonchev–Trinajstić information content (AvgIpc) is 3.18. The van der Waals surface area contributed by atoms with Crippen molar-refractivity contribution in [2.45, 2.75) is 51.1 Å². The van der Waals surface area contributed by atoms with Crippen LogP contribution in [0.1, 0.15) is 47.2 Å². The minimum Gasteiger partial charge on any atom is -0.497 e. The summed E-state index contributed by atoms with van der Waals surface area (Å²) in [5.74, 6) is 1.63. The van der Waals surface area contributed by atoms with E-state index in [4.69, 9.17) is 4.74 Å². The summed E-state index contributed by atoms with van der Waals surface area (Å²) in [5.41, 5.74) is 5.48. The number of piperidine rings is 1. The monoisotopic (exact) mass is 476 g/mol. The summed E-state index contributed by atoms with van der Waals surface area (Å²) in [6.45, 7) is 2.08. The van der Waals surface area contributed by atoms with Crippen LogP contribution in [-0.4, -0.2) is 35.0 Å². The van der Waals surface area contributed by atoms with Crippen LogP contribution in [-0.2, 0) is 6.42 Å². The molecule has 2 aliphatic heterocycles. The van der Waals surface area contributed by atoms with Gasteiger partial charge in [-0.2, -0.15) is 0 Å². The molecule has 4 nitrogen and oxygen atoms in total. The third-order valence-electron chi connectivity index (χ3n) is 8.31. The molecule has 3 aromatic carbocycles. The van der Waals surface area contributed by atoms with Crippen molar-refractivity contribution in [3.8, 4) is 16.9 Å². The van der Waals surface area contributed by atoms with Gasteiger partial charge in [-0.3, -0.25) is 9.78 Å². The van der Waals surface area contributed by atoms with Crippen LogP contribution in [0.2, 0.25) is 0 Å². The highest BCUT2D eigenvalue weighted by Crippen LogP contribution is 2.42. The summed E-state index contributed by atoms with van der Waals surface area (Å²) in [6.07, 6.45) is 9.30. The molecule has 0 N–H and O–H groups in total. The molecule has 4 heteroatoms. The van der Waals surface area contributed by atoms with E-state index in [1.807, 2.05) is 36.7 Å². The molecule has 0 radical (unpaired) electrons. The number of fused-ring (bicyclic) bond motifs is 3. The summed E-state index contributed by atoms with van der Waals surface area (Å²) < 4.78 is 5.31. The zero-order valence-corrected chi connectivity index (χ0v) is 21.0. The van der Waals surface area contributed by atoms with Gasteiger partial charge in [0.25, 0.3) is 5.91 Å². The zero-order chi connectivity index (χ0) is 24.6. The average molecular weight is 477 g/mol. The molecule has 2 atom stereocenters. The number of amides is 1. The molecule has 3 heterocycles. The first-order valence-electron chi connectivity index (χ1n) is 13.0. The summed E-state index contributed by atoms with van der Waals surface area (Å²) >= 11 is 0. The maximum absolute atomic E-state index is 13.9. The predicted octanol–water partition coefficient (Wildman–Crippen LogP) is 6.84. The van der Waals surface area contributed by atoms with Gasteiger partial charge in [0, 0.05) is 35.4 Å². The van der Waals surface area contributed by atoms with E-state index in [9.17, 15) is 4.79 Å². The molecule has 2 fully saturated rings. The number of aromatic nitrogens is 1. The van der Waals surface area contributed by atoms with Crippen LogP contribution in [0.5, 0.6) is 5.75 Å². The summed E-state index contributed by atoms with van der Waals surface area (Å²) in [7, 11) is 1.68. The van der Waals surface area contributed by atoms with E-state index in [0.29, 0.717) is 18.0 Å². The maximum Gasteiger partial charge on any atom is 0.254 e. The fourth-order valence-corrected chi connectivity index (χ4v) is 6.54. The van der Waals surface area contributed by atoms with Crippen molar-refractivity contribution in [1.82, 2.24) is 9.88 Å². The van der Waals surface area contributed by atoms with E-state index in [1.165, 1.54) is 16.3 Å².